The topological polar surface area (TPSA) is 89.3 Å². The quantitative estimate of drug-likeness (QED) is 0.721. The van der Waals surface area contributed by atoms with Gasteiger partial charge < -0.3 is 11.1 Å². The minimum Gasteiger partial charge on any atom is -0.353 e. The first-order valence-corrected chi connectivity index (χ1v) is 7.46. The van der Waals surface area contributed by atoms with Gasteiger partial charge in [0.2, 0.25) is 5.91 Å². The molecule has 6 heteroatoms. The number of carbonyl (C=O) groups excluding carboxylic acids is 1. The number of sulfone groups is 1. The van der Waals surface area contributed by atoms with Crippen LogP contribution in [0.4, 0.5) is 0 Å². The third-order valence-electron chi connectivity index (χ3n) is 2.75. The number of amides is 1. The lowest BCUT2D eigenvalue weighted by Crippen LogP contribution is -2.41. The Morgan fingerprint density at radius 2 is 2.00 bits per heavy atom. The molecule has 0 radical (unpaired) electrons. The van der Waals surface area contributed by atoms with Crippen molar-refractivity contribution in [1.82, 2.24) is 5.32 Å². The van der Waals surface area contributed by atoms with E-state index in [1.807, 2.05) is 6.92 Å². The van der Waals surface area contributed by atoms with Gasteiger partial charge in [-0.1, -0.05) is 0 Å². The third-order valence-corrected chi connectivity index (χ3v) is 4.46. The lowest BCUT2D eigenvalue weighted by molar-refractivity contribution is -0.122. The van der Waals surface area contributed by atoms with E-state index in [9.17, 15) is 13.2 Å². The maximum Gasteiger partial charge on any atom is 0.220 e. The van der Waals surface area contributed by atoms with Crippen LogP contribution < -0.4 is 11.1 Å². The first-order chi connectivity index (χ1) is 7.39. The van der Waals surface area contributed by atoms with Gasteiger partial charge in [0, 0.05) is 18.5 Å². The van der Waals surface area contributed by atoms with Gasteiger partial charge in [-0.25, -0.2) is 8.42 Å². The van der Waals surface area contributed by atoms with Gasteiger partial charge in [0.05, 0.1) is 11.5 Å². The zero-order chi connectivity index (χ0) is 12.2. The van der Waals surface area contributed by atoms with Gasteiger partial charge in [0.1, 0.15) is 9.84 Å². The smallest absolute Gasteiger partial charge is 0.220 e. The molecule has 1 unspecified atom stereocenters. The van der Waals surface area contributed by atoms with Crippen molar-refractivity contribution in [2.24, 2.45) is 5.73 Å². The molecule has 16 heavy (non-hydrogen) atoms. The Morgan fingerprint density at radius 3 is 2.50 bits per heavy atom. The zero-order valence-corrected chi connectivity index (χ0v) is 10.4. The molecular formula is C10H20N2O3S. The second-order valence-corrected chi connectivity index (χ2v) is 6.81. The number of carbonyl (C=O) groups is 1. The molecule has 0 aromatic heterocycles. The van der Waals surface area contributed by atoms with Crippen LogP contribution in [-0.4, -0.2) is 37.9 Å². The van der Waals surface area contributed by atoms with Crippen LogP contribution >= 0.6 is 0 Å². The Morgan fingerprint density at radius 1 is 1.44 bits per heavy atom. The fourth-order valence-electron chi connectivity index (χ4n) is 1.69. The molecular weight excluding hydrogens is 228 g/mol. The molecule has 1 atom stereocenters. The Balaban J connectivity index is 2.26. The van der Waals surface area contributed by atoms with Gasteiger partial charge in [0.25, 0.3) is 0 Å². The highest BCUT2D eigenvalue weighted by atomic mass is 32.2. The molecule has 1 heterocycles. The summed E-state index contributed by atoms with van der Waals surface area (Å²) in [5, 5.41) is 2.85. The predicted octanol–water partition coefficient (Wildman–Crippen LogP) is -0.193. The van der Waals surface area contributed by atoms with Gasteiger partial charge in [-0.05, 0) is 26.2 Å². The van der Waals surface area contributed by atoms with Crippen molar-refractivity contribution >= 4 is 15.7 Å². The molecule has 0 aromatic rings. The van der Waals surface area contributed by atoms with Gasteiger partial charge >= 0.3 is 0 Å². The molecule has 3 N–H and O–H groups in total. The van der Waals surface area contributed by atoms with Gasteiger partial charge in [-0.3, -0.25) is 4.79 Å². The normalized spacial score (nSPS) is 22.6. The molecule has 1 rings (SSSR count). The van der Waals surface area contributed by atoms with Crippen molar-refractivity contribution < 1.29 is 13.2 Å². The third kappa shape index (κ3) is 4.94. The predicted molar refractivity (Wildman–Crippen MR) is 62.7 cm³/mol. The van der Waals surface area contributed by atoms with E-state index in [2.05, 4.69) is 5.32 Å². The Kier molecular flexibility index (Phi) is 4.73. The van der Waals surface area contributed by atoms with Crippen LogP contribution in [0.25, 0.3) is 0 Å². The maximum atomic E-state index is 11.5. The number of hydrogen-bond donors (Lipinski definition) is 2. The highest BCUT2D eigenvalue weighted by molar-refractivity contribution is 7.91. The molecule has 0 spiro atoms. The summed E-state index contributed by atoms with van der Waals surface area (Å²) >= 11 is 0. The van der Waals surface area contributed by atoms with Crippen molar-refractivity contribution in [1.29, 1.82) is 0 Å². The average molecular weight is 248 g/mol. The van der Waals surface area contributed by atoms with Gasteiger partial charge in [-0.15, -0.1) is 0 Å². The van der Waals surface area contributed by atoms with E-state index in [0.717, 1.165) is 0 Å². The van der Waals surface area contributed by atoms with Gasteiger partial charge in [0.15, 0.2) is 0 Å². The van der Waals surface area contributed by atoms with Crippen LogP contribution in [0.1, 0.15) is 32.6 Å². The molecule has 0 saturated carbocycles. The zero-order valence-electron chi connectivity index (χ0n) is 9.61. The van der Waals surface area contributed by atoms with E-state index in [1.165, 1.54) is 0 Å². The number of rotatable bonds is 4. The summed E-state index contributed by atoms with van der Waals surface area (Å²) in [5.41, 5.74) is 5.55. The summed E-state index contributed by atoms with van der Waals surface area (Å²) in [6.07, 6.45) is 2.15. The molecule has 1 fully saturated rings. The number of nitrogens with two attached hydrogens (primary N) is 1. The molecule has 0 aliphatic carbocycles. The molecule has 1 aliphatic heterocycles. The largest absolute Gasteiger partial charge is 0.353 e. The monoisotopic (exact) mass is 248 g/mol. The van der Waals surface area contributed by atoms with Crippen LogP contribution in [-0.2, 0) is 14.6 Å². The summed E-state index contributed by atoms with van der Waals surface area (Å²) in [5.74, 6) is 0.345. The minimum atomic E-state index is -2.85. The van der Waals surface area contributed by atoms with Crippen LogP contribution in [0, 0.1) is 0 Å². The molecule has 5 nitrogen and oxygen atoms in total. The second kappa shape index (κ2) is 5.63. The molecule has 1 saturated heterocycles. The number of nitrogens with one attached hydrogen (secondary N) is 1. The Labute approximate surface area is 96.7 Å². The van der Waals surface area contributed by atoms with Crippen molar-refractivity contribution in [2.45, 2.75) is 44.7 Å². The molecule has 1 aliphatic rings. The lowest BCUT2D eigenvalue weighted by atomic mass is 10.1. The van der Waals surface area contributed by atoms with E-state index < -0.39 is 9.84 Å². The first kappa shape index (κ1) is 13.4. The summed E-state index contributed by atoms with van der Waals surface area (Å²) in [4.78, 5) is 11.5. The van der Waals surface area contributed by atoms with Crippen LogP contribution in [0.3, 0.4) is 0 Å². The molecule has 1 amide bonds. The lowest BCUT2D eigenvalue weighted by Gasteiger charge is -2.23. The molecule has 0 bridgehead atoms. The Hall–Kier alpha value is -0.620. The first-order valence-electron chi connectivity index (χ1n) is 5.64. The summed E-state index contributed by atoms with van der Waals surface area (Å²) in [6, 6.07) is 0.0431. The van der Waals surface area contributed by atoms with E-state index in [-0.39, 0.29) is 29.5 Å². The standard InChI is InChI=1S/C10H20N2O3S/c1-8(11)2-3-10(13)12-9-4-6-16(14,15)7-5-9/h8-9H,2-7,11H2,1H3,(H,12,13). The average Bonchev–Trinajstić information content (AvgIpc) is 2.18. The van der Waals surface area contributed by atoms with E-state index in [1.54, 1.807) is 0 Å². The SMILES string of the molecule is CC(N)CCC(=O)NC1CCS(=O)(=O)CC1. The van der Waals surface area contributed by atoms with Crippen molar-refractivity contribution in [3.05, 3.63) is 0 Å². The van der Waals surface area contributed by atoms with Crippen molar-refractivity contribution in [3.63, 3.8) is 0 Å². The van der Waals surface area contributed by atoms with E-state index in [4.69, 9.17) is 5.73 Å². The minimum absolute atomic E-state index is 0.0177. The highest BCUT2D eigenvalue weighted by Gasteiger charge is 2.24. The summed E-state index contributed by atoms with van der Waals surface area (Å²) in [6.45, 7) is 1.86. The molecule has 94 valence electrons. The fourth-order valence-corrected chi connectivity index (χ4v) is 3.18. The second-order valence-electron chi connectivity index (χ2n) is 4.51. The van der Waals surface area contributed by atoms with Crippen LogP contribution in [0.15, 0.2) is 0 Å². The van der Waals surface area contributed by atoms with Crippen molar-refractivity contribution in [2.75, 3.05) is 11.5 Å². The van der Waals surface area contributed by atoms with Crippen molar-refractivity contribution in [3.8, 4) is 0 Å². The molecule has 0 aromatic carbocycles. The fraction of sp³-hybridized carbons (Fsp3) is 0.900. The van der Waals surface area contributed by atoms with Gasteiger partial charge in [-0.2, -0.15) is 0 Å². The number of hydrogen-bond acceptors (Lipinski definition) is 4. The Bertz CT molecular complexity index is 324. The summed E-state index contributed by atoms with van der Waals surface area (Å²) in [7, 11) is -2.85. The van der Waals surface area contributed by atoms with E-state index in [0.29, 0.717) is 25.7 Å². The van der Waals surface area contributed by atoms with Crippen LogP contribution in [0.2, 0.25) is 0 Å². The maximum absolute atomic E-state index is 11.5. The summed E-state index contributed by atoms with van der Waals surface area (Å²) < 4.78 is 22.3. The van der Waals surface area contributed by atoms with E-state index >= 15 is 0 Å². The highest BCUT2D eigenvalue weighted by Crippen LogP contribution is 2.12. The van der Waals surface area contributed by atoms with Crippen LogP contribution in [0.5, 0.6) is 0 Å².